The van der Waals surface area contributed by atoms with Crippen molar-refractivity contribution in [3.63, 3.8) is 0 Å². The van der Waals surface area contributed by atoms with E-state index >= 15 is 0 Å². The minimum atomic E-state index is -0.342. The van der Waals surface area contributed by atoms with Crippen LogP contribution in [0, 0.1) is 0 Å². The van der Waals surface area contributed by atoms with Gasteiger partial charge in [0, 0.05) is 24.9 Å². The van der Waals surface area contributed by atoms with Gasteiger partial charge in [-0.3, -0.25) is 4.90 Å². The van der Waals surface area contributed by atoms with E-state index < -0.39 is 0 Å². The van der Waals surface area contributed by atoms with E-state index in [9.17, 15) is 4.79 Å². The van der Waals surface area contributed by atoms with Crippen molar-refractivity contribution < 1.29 is 9.53 Å². The maximum atomic E-state index is 11.3. The van der Waals surface area contributed by atoms with Crippen LogP contribution in [-0.4, -0.2) is 34.3 Å². The monoisotopic (exact) mass is 387 g/mol. The molecule has 2 heterocycles. The second-order valence-electron chi connectivity index (χ2n) is 7.22. The van der Waals surface area contributed by atoms with Crippen LogP contribution in [0.2, 0.25) is 0 Å². The molecule has 1 unspecified atom stereocenters. The van der Waals surface area contributed by atoms with E-state index in [1.54, 1.807) is 6.08 Å². The normalized spacial score (nSPS) is 17.1. The van der Waals surface area contributed by atoms with Crippen molar-refractivity contribution in [2.45, 2.75) is 25.4 Å². The van der Waals surface area contributed by atoms with Crippen LogP contribution >= 0.6 is 0 Å². The van der Waals surface area contributed by atoms with E-state index in [2.05, 4.69) is 57.2 Å². The van der Waals surface area contributed by atoms with Crippen LogP contribution in [0.3, 0.4) is 0 Å². The first-order valence-corrected chi connectivity index (χ1v) is 9.93. The molecule has 0 radical (unpaired) electrons. The molecule has 0 aliphatic carbocycles. The Hall–Kier alpha value is -3.18. The molecule has 1 aliphatic heterocycles. The van der Waals surface area contributed by atoms with Gasteiger partial charge in [-0.1, -0.05) is 42.5 Å². The number of likely N-dealkylation sites (tertiary alicyclic amines) is 1. The lowest BCUT2D eigenvalue weighted by Crippen LogP contribution is -2.24. The molecule has 1 aliphatic rings. The third-order valence-corrected chi connectivity index (χ3v) is 5.38. The molecule has 0 amide bonds. The van der Waals surface area contributed by atoms with Crippen LogP contribution in [0.25, 0.3) is 11.8 Å². The van der Waals surface area contributed by atoms with Gasteiger partial charge in [-0.25, -0.2) is 9.48 Å². The molecule has 1 saturated heterocycles. The zero-order valence-corrected chi connectivity index (χ0v) is 16.6. The van der Waals surface area contributed by atoms with E-state index in [1.165, 1.54) is 30.9 Å². The number of esters is 1. The average molecular weight is 387 g/mol. The highest BCUT2D eigenvalue weighted by Crippen LogP contribution is 2.33. The minimum Gasteiger partial charge on any atom is -0.466 e. The second kappa shape index (κ2) is 8.88. The number of rotatable bonds is 6. The first kappa shape index (κ1) is 19.2. The average Bonchev–Trinajstić information content (AvgIpc) is 3.43. The van der Waals surface area contributed by atoms with Crippen LogP contribution in [0.5, 0.6) is 0 Å². The Labute approximate surface area is 171 Å². The molecule has 2 aromatic carbocycles. The van der Waals surface area contributed by atoms with Gasteiger partial charge >= 0.3 is 5.97 Å². The Morgan fingerprint density at radius 1 is 1.14 bits per heavy atom. The van der Waals surface area contributed by atoms with Crippen molar-refractivity contribution in [2.24, 2.45) is 0 Å². The van der Waals surface area contributed by atoms with Gasteiger partial charge in [0.05, 0.1) is 18.5 Å². The molecule has 0 spiro atoms. The summed E-state index contributed by atoms with van der Waals surface area (Å²) in [5.41, 5.74) is 4.58. The quantitative estimate of drug-likeness (QED) is 0.465. The molecule has 148 valence electrons. The predicted octanol–water partition coefficient (Wildman–Crippen LogP) is 4.40. The number of benzene rings is 2. The van der Waals surface area contributed by atoms with Crippen molar-refractivity contribution in [3.8, 4) is 5.69 Å². The van der Waals surface area contributed by atoms with E-state index in [-0.39, 0.29) is 5.97 Å². The molecule has 3 aromatic rings. The summed E-state index contributed by atoms with van der Waals surface area (Å²) in [5.74, 6) is -0.342. The lowest BCUT2D eigenvalue weighted by Gasteiger charge is -2.25. The Morgan fingerprint density at radius 2 is 1.93 bits per heavy atom. The van der Waals surface area contributed by atoms with E-state index in [0.717, 1.165) is 30.8 Å². The highest BCUT2D eigenvalue weighted by Gasteiger charge is 2.26. The Bertz CT molecular complexity index is 977. The molecule has 5 nitrogen and oxygen atoms in total. The predicted molar refractivity (Wildman–Crippen MR) is 113 cm³/mol. The van der Waals surface area contributed by atoms with Gasteiger partial charge in [0.1, 0.15) is 0 Å². The molecular weight excluding hydrogens is 362 g/mol. The van der Waals surface area contributed by atoms with Crippen molar-refractivity contribution in [1.29, 1.82) is 0 Å². The number of ether oxygens (including phenoxy) is 1. The van der Waals surface area contributed by atoms with Gasteiger partial charge < -0.3 is 4.74 Å². The first-order chi connectivity index (χ1) is 14.2. The number of hydrogen-bond acceptors (Lipinski definition) is 4. The fourth-order valence-electron chi connectivity index (χ4n) is 3.91. The van der Waals surface area contributed by atoms with Gasteiger partial charge in [0.2, 0.25) is 0 Å². The number of para-hydroxylation sites is 1. The van der Waals surface area contributed by atoms with Crippen LogP contribution in [-0.2, 0) is 16.1 Å². The third-order valence-electron chi connectivity index (χ3n) is 5.38. The number of methoxy groups -OCH3 is 1. The van der Waals surface area contributed by atoms with Gasteiger partial charge in [-0.15, -0.1) is 0 Å². The van der Waals surface area contributed by atoms with Crippen molar-refractivity contribution in [2.75, 3.05) is 13.7 Å². The van der Waals surface area contributed by atoms with Gasteiger partial charge in [-0.2, -0.15) is 5.10 Å². The van der Waals surface area contributed by atoms with Crippen LogP contribution in [0.1, 0.15) is 35.7 Å². The Kier molecular flexibility index (Phi) is 5.86. The van der Waals surface area contributed by atoms with Crippen molar-refractivity contribution in [3.05, 3.63) is 89.8 Å². The summed E-state index contributed by atoms with van der Waals surface area (Å²) in [6.07, 6.45) is 7.43. The first-order valence-electron chi connectivity index (χ1n) is 9.93. The fourth-order valence-corrected chi connectivity index (χ4v) is 3.91. The largest absolute Gasteiger partial charge is 0.466 e. The zero-order valence-electron chi connectivity index (χ0n) is 16.6. The van der Waals surface area contributed by atoms with Crippen LogP contribution in [0.15, 0.2) is 72.9 Å². The molecule has 4 rings (SSSR count). The number of aromatic nitrogens is 2. The van der Waals surface area contributed by atoms with E-state index in [4.69, 9.17) is 0 Å². The molecule has 5 heteroatoms. The van der Waals surface area contributed by atoms with Gasteiger partial charge in [0.25, 0.3) is 0 Å². The van der Waals surface area contributed by atoms with E-state index in [0.29, 0.717) is 6.04 Å². The summed E-state index contributed by atoms with van der Waals surface area (Å²) in [4.78, 5) is 13.8. The minimum absolute atomic E-state index is 0.342. The van der Waals surface area contributed by atoms with E-state index in [1.807, 2.05) is 29.1 Å². The Balaban J connectivity index is 1.49. The molecule has 0 saturated carbocycles. The molecule has 1 aromatic heterocycles. The molecule has 1 fully saturated rings. The van der Waals surface area contributed by atoms with Gasteiger partial charge in [-0.05, 0) is 54.8 Å². The lowest BCUT2D eigenvalue weighted by atomic mass is 10.0. The molecule has 1 atom stereocenters. The number of carbonyl (C=O) groups is 1. The molecule has 0 N–H and O–H groups in total. The maximum absolute atomic E-state index is 11.3. The summed E-state index contributed by atoms with van der Waals surface area (Å²) in [5, 5.41) is 4.52. The fraction of sp³-hybridized carbons (Fsp3) is 0.250. The molecular formula is C24H25N3O2. The zero-order chi connectivity index (χ0) is 20.1. The molecule has 0 bridgehead atoms. The summed E-state index contributed by atoms with van der Waals surface area (Å²) in [6.45, 7) is 1.94. The number of nitrogens with zero attached hydrogens (tertiary/aromatic N) is 3. The van der Waals surface area contributed by atoms with Crippen LogP contribution < -0.4 is 0 Å². The standard InChI is InChI=1S/C24H25N3O2/c1-29-24(28)14-11-19-9-12-20(13-10-19)23-8-5-17-26(23)18-22-15-16-25-27(22)21-6-3-2-4-7-21/h2-4,6-7,9-16,23H,5,8,17-18H2,1H3/b14-11+. The highest BCUT2D eigenvalue weighted by molar-refractivity contribution is 5.86. The van der Waals surface area contributed by atoms with Crippen LogP contribution in [0.4, 0.5) is 0 Å². The summed E-state index contributed by atoms with van der Waals surface area (Å²) >= 11 is 0. The smallest absolute Gasteiger partial charge is 0.330 e. The second-order valence-corrected chi connectivity index (χ2v) is 7.22. The Morgan fingerprint density at radius 3 is 2.69 bits per heavy atom. The maximum Gasteiger partial charge on any atom is 0.330 e. The third kappa shape index (κ3) is 4.46. The summed E-state index contributed by atoms with van der Waals surface area (Å²) in [7, 11) is 1.38. The number of hydrogen-bond donors (Lipinski definition) is 0. The van der Waals surface area contributed by atoms with Gasteiger partial charge in [0.15, 0.2) is 0 Å². The summed E-state index contributed by atoms with van der Waals surface area (Å²) in [6, 6.07) is 21.2. The lowest BCUT2D eigenvalue weighted by molar-refractivity contribution is -0.134. The van der Waals surface area contributed by atoms with Crippen molar-refractivity contribution >= 4 is 12.0 Å². The molecule has 29 heavy (non-hydrogen) atoms. The highest BCUT2D eigenvalue weighted by atomic mass is 16.5. The topological polar surface area (TPSA) is 47.4 Å². The SMILES string of the molecule is COC(=O)/C=C/c1ccc(C2CCCN2Cc2ccnn2-c2ccccc2)cc1. The number of carbonyl (C=O) groups excluding carboxylic acids is 1. The van der Waals surface area contributed by atoms with Crippen molar-refractivity contribution in [1.82, 2.24) is 14.7 Å². The summed E-state index contributed by atoms with van der Waals surface area (Å²) < 4.78 is 6.67.